The summed E-state index contributed by atoms with van der Waals surface area (Å²) in [6.07, 6.45) is 0. The Balaban J connectivity index is 2.11. The number of hydrogen-bond donors (Lipinski definition) is 3. The third kappa shape index (κ3) is 4.64. The van der Waals surface area contributed by atoms with E-state index < -0.39 is 4.92 Å². The maximum absolute atomic E-state index is 11.0. The Morgan fingerprint density at radius 2 is 2.04 bits per heavy atom. The molecule has 8 nitrogen and oxygen atoms in total. The number of nitro benzene ring substituents is 1. The van der Waals surface area contributed by atoms with Crippen LogP contribution in [0.4, 0.5) is 11.4 Å². The summed E-state index contributed by atoms with van der Waals surface area (Å²) < 4.78 is 5.11. The fourth-order valence-electron chi connectivity index (χ4n) is 2.02. The van der Waals surface area contributed by atoms with Gasteiger partial charge in [0, 0.05) is 11.6 Å². The van der Waals surface area contributed by atoms with Crippen LogP contribution in [0.5, 0.6) is 11.5 Å². The van der Waals surface area contributed by atoms with Gasteiger partial charge in [-0.3, -0.25) is 15.5 Å². The van der Waals surface area contributed by atoms with Crippen LogP contribution in [-0.2, 0) is 0 Å². The van der Waals surface area contributed by atoms with Gasteiger partial charge in [-0.05, 0) is 43.4 Å². The highest BCUT2D eigenvalue weighted by molar-refractivity contribution is 7.80. The van der Waals surface area contributed by atoms with Crippen molar-refractivity contribution in [3.8, 4) is 11.5 Å². The molecule has 3 N–H and O–H groups in total. The van der Waals surface area contributed by atoms with Crippen LogP contribution < -0.4 is 15.5 Å². The van der Waals surface area contributed by atoms with Crippen molar-refractivity contribution < 1.29 is 14.8 Å². The molecule has 0 saturated heterocycles. The van der Waals surface area contributed by atoms with Crippen molar-refractivity contribution in [3.63, 3.8) is 0 Å². The van der Waals surface area contributed by atoms with Gasteiger partial charge in [-0.1, -0.05) is 12.1 Å². The molecule has 0 aliphatic carbocycles. The van der Waals surface area contributed by atoms with Gasteiger partial charge in [0.25, 0.3) is 5.69 Å². The number of nitrogens with zero attached hydrogens (tertiary/aromatic N) is 2. The average Bonchev–Trinajstić information content (AvgIpc) is 2.60. The van der Waals surface area contributed by atoms with Gasteiger partial charge in [0.2, 0.25) is 0 Å². The highest BCUT2D eigenvalue weighted by atomic mass is 32.1. The van der Waals surface area contributed by atoms with Gasteiger partial charge in [-0.25, -0.2) is 0 Å². The van der Waals surface area contributed by atoms with Crippen LogP contribution in [0.15, 0.2) is 47.6 Å². The Kier molecular flexibility index (Phi) is 5.85. The molecule has 0 aliphatic heterocycles. The van der Waals surface area contributed by atoms with Crippen molar-refractivity contribution in [1.82, 2.24) is 5.43 Å². The van der Waals surface area contributed by atoms with Crippen molar-refractivity contribution in [2.75, 3.05) is 12.4 Å². The minimum Gasteiger partial charge on any atom is -0.507 e. The molecule has 2 aromatic rings. The van der Waals surface area contributed by atoms with Crippen LogP contribution in [0.3, 0.4) is 0 Å². The summed E-state index contributed by atoms with van der Waals surface area (Å²) >= 11 is 5.09. The zero-order valence-corrected chi connectivity index (χ0v) is 14.3. The minimum absolute atomic E-state index is 0.0430. The first-order chi connectivity index (χ1) is 11.9. The molecule has 0 fully saturated rings. The number of phenols is 1. The van der Waals surface area contributed by atoms with E-state index in [1.807, 2.05) is 0 Å². The standard InChI is InChI=1S/C16H16N4O4S/c1-10(12-9-11(24-2)7-8-15(12)21)18-19-16(25)17-13-5-3-4-6-14(13)20(22)23/h3-9,21H,1-2H3,(H2,17,19,25)/b18-10+. The fraction of sp³-hybridized carbons (Fsp3) is 0.125. The number of anilines is 1. The molecule has 130 valence electrons. The number of nitrogens with one attached hydrogen (secondary N) is 2. The van der Waals surface area contributed by atoms with Crippen LogP contribution >= 0.6 is 12.2 Å². The minimum atomic E-state index is -0.506. The van der Waals surface area contributed by atoms with E-state index in [-0.39, 0.29) is 22.2 Å². The number of benzene rings is 2. The molecular weight excluding hydrogens is 344 g/mol. The molecule has 2 aromatic carbocycles. The van der Waals surface area contributed by atoms with Gasteiger partial charge in [-0.15, -0.1) is 0 Å². The Morgan fingerprint density at radius 1 is 1.32 bits per heavy atom. The van der Waals surface area contributed by atoms with Crippen molar-refractivity contribution in [3.05, 3.63) is 58.1 Å². The number of para-hydroxylation sites is 2. The molecule has 0 bridgehead atoms. The van der Waals surface area contributed by atoms with Crippen LogP contribution in [0.2, 0.25) is 0 Å². The summed E-state index contributed by atoms with van der Waals surface area (Å²) in [7, 11) is 1.52. The average molecular weight is 360 g/mol. The molecule has 2 rings (SSSR count). The molecule has 25 heavy (non-hydrogen) atoms. The number of phenolic OH excluding ortho intramolecular Hbond substituents is 1. The van der Waals surface area contributed by atoms with E-state index in [9.17, 15) is 15.2 Å². The van der Waals surface area contributed by atoms with Gasteiger partial charge < -0.3 is 15.2 Å². The van der Waals surface area contributed by atoms with Crippen LogP contribution in [-0.4, -0.2) is 28.0 Å². The van der Waals surface area contributed by atoms with E-state index in [0.29, 0.717) is 17.0 Å². The first kappa shape index (κ1) is 18.1. The first-order valence-electron chi connectivity index (χ1n) is 7.14. The van der Waals surface area contributed by atoms with Crippen molar-refractivity contribution in [2.45, 2.75) is 6.92 Å². The van der Waals surface area contributed by atoms with Crippen molar-refractivity contribution in [2.24, 2.45) is 5.10 Å². The molecule has 0 spiro atoms. The number of methoxy groups -OCH3 is 1. The van der Waals surface area contributed by atoms with Crippen LogP contribution in [0.1, 0.15) is 12.5 Å². The van der Waals surface area contributed by atoms with E-state index in [0.717, 1.165) is 0 Å². The predicted octanol–water partition coefficient (Wildman–Crippen LogP) is 3.02. The normalized spacial score (nSPS) is 10.9. The summed E-state index contributed by atoms with van der Waals surface area (Å²) in [5, 5.41) is 27.8. The van der Waals surface area contributed by atoms with Gasteiger partial charge in [0.1, 0.15) is 17.2 Å². The molecule has 0 heterocycles. The second-order valence-corrected chi connectivity index (χ2v) is 5.33. The van der Waals surface area contributed by atoms with E-state index in [1.165, 1.54) is 25.3 Å². The molecular formula is C16H16N4O4S. The van der Waals surface area contributed by atoms with E-state index in [2.05, 4.69) is 15.8 Å². The van der Waals surface area contributed by atoms with Crippen LogP contribution in [0.25, 0.3) is 0 Å². The lowest BCUT2D eigenvalue weighted by Gasteiger charge is -2.10. The number of rotatable bonds is 5. The Morgan fingerprint density at radius 3 is 2.72 bits per heavy atom. The lowest BCUT2D eigenvalue weighted by molar-refractivity contribution is -0.383. The predicted molar refractivity (Wildman–Crippen MR) is 99.3 cm³/mol. The van der Waals surface area contributed by atoms with E-state index in [4.69, 9.17) is 17.0 Å². The third-order valence-electron chi connectivity index (χ3n) is 3.27. The summed E-state index contributed by atoms with van der Waals surface area (Å²) in [4.78, 5) is 10.5. The number of hydrazone groups is 1. The number of hydrogen-bond acceptors (Lipinski definition) is 6. The maximum atomic E-state index is 11.0. The van der Waals surface area contributed by atoms with Gasteiger partial charge in [0.05, 0.1) is 17.7 Å². The fourth-order valence-corrected chi connectivity index (χ4v) is 2.17. The van der Waals surface area contributed by atoms with Gasteiger partial charge in [0.15, 0.2) is 5.11 Å². The van der Waals surface area contributed by atoms with E-state index >= 15 is 0 Å². The third-order valence-corrected chi connectivity index (χ3v) is 3.46. The molecule has 0 saturated carbocycles. The Bertz CT molecular complexity index is 839. The number of thiocarbonyl (C=S) groups is 1. The molecule has 0 unspecified atom stereocenters. The summed E-state index contributed by atoms with van der Waals surface area (Å²) in [6.45, 7) is 1.68. The zero-order chi connectivity index (χ0) is 18.4. The lowest BCUT2D eigenvalue weighted by Crippen LogP contribution is -2.25. The second kappa shape index (κ2) is 8.06. The smallest absolute Gasteiger partial charge is 0.292 e. The van der Waals surface area contributed by atoms with Gasteiger partial charge in [-0.2, -0.15) is 5.10 Å². The molecule has 0 aliphatic rings. The topological polar surface area (TPSA) is 109 Å². The summed E-state index contributed by atoms with van der Waals surface area (Å²) in [5.74, 6) is 0.615. The largest absolute Gasteiger partial charge is 0.507 e. The number of aromatic hydroxyl groups is 1. The quantitative estimate of drug-likeness (QED) is 0.325. The zero-order valence-electron chi connectivity index (χ0n) is 13.5. The van der Waals surface area contributed by atoms with E-state index in [1.54, 1.807) is 31.2 Å². The second-order valence-electron chi connectivity index (χ2n) is 4.92. The van der Waals surface area contributed by atoms with Gasteiger partial charge >= 0.3 is 0 Å². The summed E-state index contributed by atoms with van der Waals surface area (Å²) in [6, 6.07) is 10.9. The van der Waals surface area contributed by atoms with Crippen LogP contribution in [0, 0.1) is 10.1 Å². The molecule has 9 heteroatoms. The van der Waals surface area contributed by atoms with Crippen molar-refractivity contribution in [1.29, 1.82) is 0 Å². The Labute approximate surface area is 149 Å². The SMILES string of the molecule is COc1ccc(O)c(/C(C)=N/NC(=S)Nc2ccccc2[N+](=O)[O-])c1. The summed E-state index contributed by atoms with van der Waals surface area (Å²) in [5.41, 5.74) is 3.68. The lowest BCUT2D eigenvalue weighted by atomic mass is 10.1. The highest BCUT2D eigenvalue weighted by Crippen LogP contribution is 2.24. The number of nitro groups is 1. The molecule has 0 atom stereocenters. The molecule has 0 amide bonds. The first-order valence-corrected chi connectivity index (χ1v) is 7.55. The Hall–Kier alpha value is -3.20. The number of ether oxygens (including phenoxy) is 1. The monoisotopic (exact) mass is 360 g/mol. The maximum Gasteiger partial charge on any atom is 0.292 e. The highest BCUT2D eigenvalue weighted by Gasteiger charge is 2.13. The molecule has 0 radical (unpaired) electrons. The molecule has 0 aromatic heterocycles. The van der Waals surface area contributed by atoms with Crippen molar-refractivity contribution >= 4 is 34.4 Å².